The zero-order valence-electron chi connectivity index (χ0n) is 11.4. The number of hydrogen-bond acceptors (Lipinski definition) is 3. The zero-order chi connectivity index (χ0) is 14.7. The molecule has 0 fully saturated rings. The number of benzene rings is 1. The number of hydrogen-bond donors (Lipinski definition) is 1. The monoisotopic (exact) mass is 293 g/mol. The summed E-state index contributed by atoms with van der Waals surface area (Å²) in [6.45, 7) is 1.88. The first kappa shape index (κ1) is 14.5. The van der Waals surface area contributed by atoms with Crippen LogP contribution in [-0.4, -0.2) is 29.6 Å². The van der Waals surface area contributed by atoms with E-state index in [0.29, 0.717) is 23.6 Å². The van der Waals surface area contributed by atoms with Crippen LogP contribution in [0.3, 0.4) is 0 Å². The van der Waals surface area contributed by atoms with Crippen molar-refractivity contribution >= 4 is 29.1 Å². The minimum Gasteiger partial charge on any atom is -0.344 e. The van der Waals surface area contributed by atoms with E-state index >= 15 is 0 Å². The highest BCUT2D eigenvalue weighted by molar-refractivity contribution is 6.39. The van der Waals surface area contributed by atoms with Crippen LogP contribution >= 0.6 is 11.6 Å². The Bertz CT molecular complexity index is 571. The molecule has 1 aromatic rings. The summed E-state index contributed by atoms with van der Waals surface area (Å²) >= 11 is 5.93. The smallest absolute Gasteiger partial charge is 0.267 e. The fraction of sp³-hybridized carbons (Fsp3) is 0.357. The normalized spacial score (nSPS) is 16.6. The lowest BCUT2D eigenvalue weighted by Gasteiger charge is -2.20. The van der Waals surface area contributed by atoms with E-state index in [-0.39, 0.29) is 17.9 Å². The topological polar surface area (TPSA) is 61.8 Å². The van der Waals surface area contributed by atoms with E-state index in [0.717, 1.165) is 5.56 Å². The number of amides is 2. The molecule has 0 unspecified atom stereocenters. The average molecular weight is 294 g/mol. The fourth-order valence-corrected chi connectivity index (χ4v) is 2.17. The Hall–Kier alpha value is -1.88. The second-order valence-electron chi connectivity index (χ2n) is 4.71. The molecule has 5 nitrogen and oxygen atoms in total. The molecule has 1 aliphatic rings. The van der Waals surface area contributed by atoms with Gasteiger partial charge in [-0.2, -0.15) is 5.10 Å². The Morgan fingerprint density at radius 3 is 2.85 bits per heavy atom. The molecule has 0 saturated heterocycles. The van der Waals surface area contributed by atoms with Crippen LogP contribution in [0.1, 0.15) is 31.4 Å². The number of rotatable bonds is 3. The molecule has 1 aliphatic heterocycles. The first-order valence-electron chi connectivity index (χ1n) is 6.37. The third-order valence-corrected chi connectivity index (χ3v) is 3.40. The number of nitrogens with one attached hydrogen (secondary N) is 1. The molecule has 0 saturated carbocycles. The molecule has 6 heteroatoms. The lowest BCUT2D eigenvalue weighted by atomic mass is 10.1. The predicted octanol–water partition coefficient (Wildman–Crippen LogP) is 2.13. The maximum atomic E-state index is 12.1. The molecule has 1 N–H and O–H groups in total. The van der Waals surface area contributed by atoms with Gasteiger partial charge in [-0.25, -0.2) is 5.01 Å². The van der Waals surface area contributed by atoms with E-state index in [2.05, 4.69) is 10.4 Å². The van der Waals surface area contributed by atoms with Gasteiger partial charge in [0.25, 0.3) is 5.91 Å². The zero-order valence-corrected chi connectivity index (χ0v) is 12.1. The Morgan fingerprint density at radius 2 is 2.20 bits per heavy atom. The lowest BCUT2D eigenvalue weighted by Crippen LogP contribution is -2.38. The fourth-order valence-electron chi connectivity index (χ4n) is 1.97. The number of carbonyl (C=O) groups is 2. The van der Waals surface area contributed by atoms with Crippen LogP contribution in [0.4, 0.5) is 0 Å². The van der Waals surface area contributed by atoms with Gasteiger partial charge in [-0.05, 0) is 24.6 Å². The van der Waals surface area contributed by atoms with Crippen molar-refractivity contribution in [1.29, 1.82) is 0 Å². The maximum absolute atomic E-state index is 12.1. The summed E-state index contributed by atoms with van der Waals surface area (Å²) in [5.74, 6) is -0.332. The Kier molecular flexibility index (Phi) is 4.39. The summed E-state index contributed by atoms with van der Waals surface area (Å²) in [5.41, 5.74) is 1.30. The molecule has 20 heavy (non-hydrogen) atoms. The van der Waals surface area contributed by atoms with Crippen LogP contribution in [0.5, 0.6) is 0 Å². The standard InChI is InChI=1S/C14H16ClN3O2/c1-9(10-4-3-5-11(15)8-10)16-14(20)12-6-7-13(19)18(2)17-12/h3-5,8-9H,6-7H2,1-2H3,(H,16,20)/t9-/m0/s1. The molecule has 2 amide bonds. The SMILES string of the molecule is C[C@H](NC(=O)C1=NN(C)C(=O)CC1)c1cccc(Cl)c1. The molecule has 0 aromatic heterocycles. The van der Waals surface area contributed by atoms with Crippen LogP contribution in [0.2, 0.25) is 5.02 Å². The average Bonchev–Trinajstić information content (AvgIpc) is 2.41. The van der Waals surface area contributed by atoms with Gasteiger partial charge in [0.2, 0.25) is 5.91 Å². The highest BCUT2D eigenvalue weighted by Crippen LogP contribution is 2.17. The molecule has 1 atom stereocenters. The number of nitrogens with zero attached hydrogens (tertiary/aromatic N) is 2. The summed E-state index contributed by atoms with van der Waals surface area (Å²) in [6, 6.07) is 7.16. The van der Waals surface area contributed by atoms with Crippen molar-refractivity contribution in [2.75, 3.05) is 7.05 Å². The lowest BCUT2D eigenvalue weighted by molar-refractivity contribution is -0.130. The minimum absolute atomic E-state index is 0.0792. The quantitative estimate of drug-likeness (QED) is 0.928. The van der Waals surface area contributed by atoms with Crippen molar-refractivity contribution in [2.24, 2.45) is 5.10 Å². The van der Waals surface area contributed by atoms with Crippen molar-refractivity contribution < 1.29 is 9.59 Å². The van der Waals surface area contributed by atoms with Crippen LogP contribution in [0, 0.1) is 0 Å². The van der Waals surface area contributed by atoms with Gasteiger partial charge in [-0.15, -0.1) is 0 Å². The van der Waals surface area contributed by atoms with E-state index in [1.54, 1.807) is 13.1 Å². The van der Waals surface area contributed by atoms with Crippen molar-refractivity contribution in [3.63, 3.8) is 0 Å². The number of hydrazone groups is 1. The van der Waals surface area contributed by atoms with E-state index in [1.807, 2.05) is 25.1 Å². The Labute approximate surface area is 122 Å². The van der Waals surface area contributed by atoms with E-state index in [9.17, 15) is 9.59 Å². The number of carbonyl (C=O) groups excluding carboxylic acids is 2. The minimum atomic E-state index is -0.253. The van der Waals surface area contributed by atoms with Crippen molar-refractivity contribution in [3.05, 3.63) is 34.9 Å². The molecular formula is C14H16ClN3O2. The molecule has 0 spiro atoms. The summed E-state index contributed by atoms with van der Waals surface area (Å²) in [6.07, 6.45) is 0.686. The summed E-state index contributed by atoms with van der Waals surface area (Å²) in [7, 11) is 1.55. The Morgan fingerprint density at radius 1 is 1.45 bits per heavy atom. The van der Waals surface area contributed by atoms with Crippen LogP contribution in [0.25, 0.3) is 0 Å². The van der Waals surface area contributed by atoms with Crippen molar-refractivity contribution in [1.82, 2.24) is 10.3 Å². The van der Waals surface area contributed by atoms with Crippen LogP contribution < -0.4 is 5.32 Å². The van der Waals surface area contributed by atoms with E-state index in [1.165, 1.54) is 5.01 Å². The summed E-state index contributed by atoms with van der Waals surface area (Å²) in [4.78, 5) is 23.4. The highest BCUT2D eigenvalue weighted by atomic mass is 35.5. The van der Waals surface area contributed by atoms with Gasteiger partial charge in [-0.3, -0.25) is 9.59 Å². The van der Waals surface area contributed by atoms with Crippen LogP contribution in [0.15, 0.2) is 29.4 Å². The second-order valence-corrected chi connectivity index (χ2v) is 5.15. The van der Waals surface area contributed by atoms with E-state index in [4.69, 9.17) is 11.6 Å². The molecule has 0 radical (unpaired) electrons. The molecule has 0 bridgehead atoms. The Balaban J connectivity index is 2.05. The van der Waals surface area contributed by atoms with Crippen molar-refractivity contribution in [3.8, 4) is 0 Å². The second kappa shape index (κ2) is 6.05. The molecular weight excluding hydrogens is 278 g/mol. The first-order chi connectivity index (χ1) is 9.47. The van der Waals surface area contributed by atoms with Gasteiger partial charge in [0.1, 0.15) is 5.71 Å². The molecule has 1 heterocycles. The summed E-state index contributed by atoms with van der Waals surface area (Å²) in [5, 5.41) is 8.69. The number of halogens is 1. The van der Waals surface area contributed by atoms with Gasteiger partial charge >= 0.3 is 0 Å². The predicted molar refractivity (Wildman–Crippen MR) is 77.4 cm³/mol. The third kappa shape index (κ3) is 3.36. The summed E-state index contributed by atoms with van der Waals surface area (Å²) < 4.78 is 0. The van der Waals surface area contributed by atoms with Crippen molar-refractivity contribution in [2.45, 2.75) is 25.8 Å². The maximum Gasteiger partial charge on any atom is 0.267 e. The largest absolute Gasteiger partial charge is 0.344 e. The van der Waals surface area contributed by atoms with Crippen LogP contribution in [-0.2, 0) is 9.59 Å². The van der Waals surface area contributed by atoms with Gasteiger partial charge < -0.3 is 5.32 Å². The first-order valence-corrected chi connectivity index (χ1v) is 6.75. The molecule has 2 rings (SSSR count). The molecule has 0 aliphatic carbocycles. The van der Waals surface area contributed by atoms with Gasteiger partial charge in [0, 0.05) is 24.9 Å². The van der Waals surface area contributed by atoms with E-state index < -0.39 is 0 Å². The van der Waals surface area contributed by atoms with Gasteiger partial charge in [0.15, 0.2) is 0 Å². The molecule has 106 valence electrons. The third-order valence-electron chi connectivity index (χ3n) is 3.17. The molecule has 1 aromatic carbocycles. The van der Waals surface area contributed by atoms with Gasteiger partial charge in [-0.1, -0.05) is 23.7 Å². The highest BCUT2D eigenvalue weighted by Gasteiger charge is 2.23. The van der Waals surface area contributed by atoms with Gasteiger partial charge in [0.05, 0.1) is 6.04 Å².